The molecule has 3 heteroatoms. The summed E-state index contributed by atoms with van der Waals surface area (Å²) in [5, 5.41) is 0. The largest absolute Gasteiger partial charge is 0.489 e. The molecule has 1 aliphatic heterocycles. The van der Waals surface area contributed by atoms with E-state index in [1.807, 2.05) is 30.3 Å². The number of hydrogen-bond acceptors (Lipinski definition) is 3. The summed E-state index contributed by atoms with van der Waals surface area (Å²) in [5.74, 6) is 0.919. The van der Waals surface area contributed by atoms with Crippen LogP contribution in [0.4, 0.5) is 0 Å². The molecular weight excluding hydrogens is 310 g/mol. The fourth-order valence-corrected chi connectivity index (χ4v) is 3.33. The number of morpholine rings is 1. The van der Waals surface area contributed by atoms with Crippen molar-refractivity contribution in [2.24, 2.45) is 0 Å². The first-order chi connectivity index (χ1) is 12.3. The summed E-state index contributed by atoms with van der Waals surface area (Å²) < 4.78 is 11.4. The quantitative estimate of drug-likeness (QED) is 0.715. The Hall–Kier alpha value is -1.84. The molecule has 1 aliphatic rings. The van der Waals surface area contributed by atoms with E-state index >= 15 is 0 Å². The third-order valence-electron chi connectivity index (χ3n) is 4.90. The highest BCUT2D eigenvalue weighted by Gasteiger charge is 2.20. The van der Waals surface area contributed by atoms with E-state index in [-0.39, 0.29) is 0 Å². The van der Waals surface area contributed by atoms with Crippen LogP contribution in [0.5, 0.6) is 5.75 Å². The zero-order valence-electron chi connectivity index (χ0n) is 15.2. The summed E-state index contributed by atoms with van der Waals surface area (Å²) in [5.41, 5.74) is 2.62. The van der Waals surface area contributed by atoms with Crippen molar-refractivity contribution < 1.29 is 9.47 Å². The number of rotatable bonds is 8. The Morgan fingerprint density at radius 1 is 1.04 bits per heavy atom. The fraction of sp³-hybridized carbons (Fsp3) is 0.455. The number of aryl methyl sites for hydroxylation is 1. The topological polar surface area (TPSA) is 21.7 Å². The second-order valence-corrected chi connectivity index (χ2v) is 6.69. The molecule has 1 atom stereocenters. The van der Waals surface area contributed by atoms with E-state index in [9.17, 15) is 0 Å². The summed E-state index contributed by atoms with van der Waals surface area (Å²) in [6.07, 6.45) is 3.51. The summed E-state index contributed by atoms with van der Waals surface area (Å²) >= 11 is 0. The van der Waals surface area contributed by atoms with Crippen LogP contribution >= 0.6 is 0 Å². The molecule has 1 fully saturated rings. The lowest BCUT2D eigenvalue weighted by molar-refractivity contribution is -0.00887. The molecular formula is C22H29NO2. The average Bonchev–Trinajstić information content (AvgIpc) is 2.68. The van der Waals surface area contributed by atoms with Crippen LogP contribution in [0.2, 0.25) is 0 Å². The SMILES string of the molecule is CCC1COCCN1CCCc1ccc(COc2ccccc2)cc1. The van der Waals surface area contributed by atoms with Gasteiger partial charge in [0.1, 0.15) is 12.4 Å². The van der Waals surface area contributed by atoms with E-state index in [4.69, 9.17) is 9.47 Å². The molecule has 1 unspecified atom stereocenters. The minimum absolute atomic E-state index is 0.603. The molecule has 25 heavy (non-hydrogen) atoms. The normalized spacial score (nSPS) is 18.2. The highest BCUT2D eigenvalue weighted by atomic mass is 16.5. The Morgan fingerprint density at radius 3 is 2.56 bits per heavy atom. The van der Waals surface area contributed by atoms with Gasteiger partial charge in [0.2, 0.25) is 0 Å². The molecule has 1 saturated heterocycles. The first-order valence-corrected chi connectivity index (χ1v) is 9.42. The van der Waals surface area contributed by atoms with Crippen LogP contribution in [-0.2, 0) is 17.8 Å². The lowest BCUT2D eigenvalue weighted by atomic mass is 10.1. The van der Waals surface area contributed by atoms with Crippen LogP contribution in [0.25, 0.3) is 0 Å². The molecule has 0 saturated carbocycles. The Bertz CT molecular complexity index is 612. The minimum Gasteiger partial charge on any atom is -0.489 e. The molecule has 134 valence electrons. The van der Waals surface area contributed by atoms with Crippen LogP contribution in [0.3, 0.4) is 0 Å². The van der Waals surface area contributed by atoms with Crippen LogP contribution in [0.15, 0.2) is 54.6 Å². The highest BCUT2D eigenvalue weighted by molar-refractivity contribution is 5.24. The second-order valence-electron chi connectivity index (χ2n) is 6.69. The number of para-hydroxylation sites is 1. The zero-order valence-corrected chi connectivity index (χ0v) is 15.2. The van der Waals surface area contributed by atoms with E-state index in [1.165, 1.54) is 30.5 Å². The van der Waals surface area contributed by atoms with Crippen molar-refractivity contribution in [2.45, 2.75) is 38.8 Å². The predicted octanol–water partition coefficient (Wildman–Crippen LogP) is 4.31. The van der Waals surface area contributed by atoms with Gasteiger partial charge in [0, 0.05) is 12.6 Å². The van der Waals surface area contributed by atoms with Crippen molar-refractivity contribution in [3.8, 4) is 5.75 Å². The minimum atomic E-state index is 0.603. The van der Waals surface area contributed by atoms with Gasteiger partial charge >= 0.3 is 0 Å². The average molecular weight is 339 g/mol. The lowest BCUT2D eigenvalue weighted by Crippen LogP contribution is -2.45. The number of hydrogen-bond donors (Lipinski definition) is 0. The van der Waals surface area contributed by atoms with Crippen molar-refractivity contribution in [1.29, 1.82) is 0 Å². The van der Waals surface area contributed by atoms with Gasteiger partial charge < -0.3 is 9.47 Å². The Balaban J connectivity index is 1.41. The van der Waals surface area contributed by atoms with Gasteiger partial charge in [-0.1, -0.05) is 49.4 Å². The van der Waals surface area contributed by atoms with E-state index in [1.54, 1.807) is 0 Å². The van der Waals surface area contributed by atoms with Gasteiger partial charge in [0.05, 0.1) is 13.2 Å². The van der Waals surface area contributed by atoms with Crippen LogP contribution in [0, 0.1) is 0 Å². The molecule has 0 bridgehead atoms. The number of ether oxygens (including phenoxy) is 2. The summed E-state index contributed by atoms with van der Waals surface area (Å²) in [6.45, 7) is 6.90. The second kappa shape index (κ2) is 9.59. The molecule has 0 aliphatic carbocycles. The highest BCUT2D eigenvalue weighted by Crippen LogP contribution is 2.14. The van der Waals surface area contributed by atoms with Crippen LogP contribution in [0.1, 0.15) is 30.9 Å². The Kier molecular flexibility index (Phi) is 6.89. The first kappa shape index (κ1) is 18.0. The van der Waals surface area contributed by atoms with Gasteiger partial charge in [-0.15, -0.1) is 0 Å². The van der Waals surface area contributed by atoms with E-state index in [0.717, 1.165) is 31.9 Å². The van der Waals surface area contributed by atoms with Crippen molar-refractivity contribution in [1.82, 2.24) is 4.90 Å². The van der Waals surface area contributed by atoms with Crippen molar-refractivity contribution in [2.75, 3.05) is 26.3 Å². The van der Waals surface area contributed by atoms with Gasteiger partial charge in [-0.25, -0.2) is 0 Å². The fourth-order valence-electron chi connectivity index (χ4n) is 3.33. The van der Waals surface area contributed by atoms with Crippen molar-refractivity contribution in [3.05, 3.63) is 65.7 Å². The molecule has 2 aromatic rings. The third-order valence-corrected chi connectivity index (χ3v) is 4.90. The maximum atomic E-state index is 5.80. The molecule has 3 nitrogen and oxygen atoms in total. The zero-order chi connectivity index (χ0) is 17.3. The van der Waals surface area contributed by atoms with E-state index in [2.05, 4.69) is 36.1 Å². The molecule has 3 rings (SSSR count). The van der Waals surface area contributed by atoms with Crippen molar-refractivity contribution >= 4 is 0 Å². The Morgan fingerprint density at radius 2 is 1.80 bits per heavy atom. The Labute approximate surface area is 151 Å². The molecule has 1 heterocycles. The van der Waals surface area contributed by atoms with Gasteiger partial charge in [0.25, 0.3) is 0 Å². The molecule has 2 aromatic carbocycles. The molecule has 0 N–H and O–H groups in total. The van der Waals surface area contributed by atoms with Gasteiger partial charge in [-0.05, 0) is 49.1 Å². The van der Waals surface area contributed by atoms with Gasteiger partial charge in [-0.2, -0.15) is 0 Å². The number of nitrogens with zero attached hydrogens (tertiary/aromatic N) is 1. The van der Waals surface area contributed by atoms with Crippen LogP contribution < -0.4 is 4.74 Å². The summed E-state index contributed by atoms with van der Waals surface area (Å²) in [6, 6.07) is 19.4. The smallest absolute Gasteiger partial charge is 0.119 e. The lowest BCUT2D eigenvalue weighted by Gasteiger charge is -2.35. The molecule has 0 radical (unpaired) electrons. The monoisotopic (exact) mass is 339 g/mol. The first-order valence-electron chi connectivity index (χ1n) is 9.42. The number of benzene rings is 2. The van der Waals surface area contributed by atoms with Crippen molar-refractivity contribution in [3.63, 3.8) is 0 Å². The standard InChI is InChI=1S/C22H29NO2/c1-2-21-18-24-16-15-23(21)14-6-7-19-10-12-20(13-11-19)17-25-22-8-4-3-5-9-22/h3-5,8-13,21H,2,6-7,14-18H2,1H3. The maximum Gasteiger partial charge on any atom is 0.119 e. The summed E-state index contributed by atoms with van der Waals surface area (Å²) in [4.78, 5) is 2.59. The van der Waals surface area contributed by atoms with E-state index < -0.39 is 0 Å². The van der Waals surface area contributed by atoms with Crippen LogP contribution in [-0.4, -0.2) is 37.2 Å². The molecule has 0 aromatic heterocycles. The maximum absolute atomic E-state index is 5.80. The third kappa shape index (κ3) is 5.58. The predicted molar refractivity (Wildman–Crippen MR) is 102 cm³/mol. The van der Waals surface area contributed by atoms with E-state index in [0.29, 0.717) is 12.6 Å². The molecule has 0 amide bonds. The van der Waals surface area contributed by atoms with Gasteiger partial charge in [-0.3, -0.25) is 4.90 Å². The molecule has 0 spiro atoms. The van der Waals surface area contributed by atoms with Gasteiger partial charge in [0.15, 0.2) is 0 Å². The summed E-state index contributed by atoms with van der Waals surface area (Å²) in [7, 11) is 0.